The lowest BCUT2D eigenvalue weighted by atomic mass is 10.1. The number of nitrogens with zero attached hydrogens (tertiary/aromatic N) is 1. The fraction of sp³-hybridized carbons (Fsp3) is 0.455. The molecule has 1 amide bonds. The van der Waals surface area contributed by atoms with E-state index in [0.717, 1.165) is 6.42 Å². The van der Waals surface area contributed by atoms with E-state index in [9.17, 15) is 19.7 Å². The van der Waals surface area contributed by atoms with Crippen molar-refractivity contribution in [2.24, 2.45) is 0 Å². The van der Waals surface area contributed by atoms with E-state index in [1.165, 1.54) is 12.1 Å². The maximum Gasteiger partial charge on any atom is 0.321 e. The maximum atomic E-state index is 11.8. The molecule has 0 bridgehead atoms. The van der Waals surface area contributed by atoms with Gasteiger partial charge in [0.15, 0.2) is 5.69 Å². The zero-order valence-corrected chi connectivity index (χ0v) is 10.4. The highest BCUT2D eigenvalue weighted by molar-refractivity contribution is 5.93. The van der Waals surface area contributed by atoms with E-state index in [1.54, 1.807) is 0 Å². The van der Waals surface area contributed by atoms with Gasteiger partial charge in [0.25, 0.3) is 5.91 Å². The largest absolute Gasteiger partial charge is 0.481 e. The molecular weight excluding hydrogens is 254 g/mol. The number of hydrogen-bond acceptors (Lipinski definition) is 4. The van der Waals surface area contributed by atoms with Crippen LogP contribution >= 0.6 is 0 Å². The zero-order chi connectivity index (χ0) is 14.4. The summed E-state index contributed by atoms with van der Waals surface area (Å²) in [6, 6.07) is 1.98. The monoisotopic (exact) mass is 269 g/mol. The SMILES string of the molecule is CCCC(CC(=O)O)NC(=O)c1ccc([N+](=O)[O-])[nH]1. The second-order valence-electron chi connectivity index (χ2n) is 4.07. The summed E-state index contributed by atoms with van der Waals surface area (Å²) in [6.45, 7) is 1.88. The average Bonchev–Trinajstić information content (AvgIpc) is 2.77. The fourth-order valence-electron chi connectivity index (χ4n) is 1.67. The maximum absolute atomic E-state index is 11.8. The summed E-state index contributed by atoms with van der Waals surface area (Å²) in [6.07, 6.45) is 1.08. The molecule has 1 unspecified atom stereocenters. The van der Waals surface area contributed by atoms with Crippen LogP contribution in [0.2, 0.25) is 0 Å². The molecule has 1 atom stereocenters. The molecule has 0 spiro atoms. The van der Waals surface area contributed by atoms with E-state index < -0.39 is 22.8 Å². The van der Waals surface area contributed by atoms with Crippen LogP contribution in [0.4, 0.5) is 5.82 Å². The number of nitrogens with one attached hydrogen (secondary N) is 2. The van der Waals surface area contributed by atoms with Gasteiger partial charge < -0.3 is 20.5 Å². The number of hydrogen-bond donors (Lipinski definition) is 3. The van der Waals surface area contributed by atoms with Gasteiger partial charge in [-0.15, -0.1) is 0 Å². The molecule has 104 valence electrons. The van der Waals surface area contributed by atoms with E-state index in [-0.39, 0.29) is 17.9 Å². The Morgan fingerprint density at radius 3 is 2.68 bits per heavy atom. The molecule has 0 saturated carbocycles. The van der Waals surface area contributed by atoms with Crippen molar-refractivity contribution >= 4 is 17.7 Å². The molecule has 0 fully saturated rings. The first-order chi connectivity index (χ1) is 8.93. The van der Waals surface area contributed by atoms with Gasteiger partial charge in [0.05, 0.1) is 6.42 Å². The Labute approximate surface area is 109 Å². The topological polar surface area (TPSA) is 125 Å². The Kier molecular flexibility index (Phi) is 5.04. The molecule has 0 aliphatic carbocycles. The summed E-state index contributed by atoms with van der Waals surface area (Å²) < 4.78 is 0. The third-order valence-electron chi connectivity index (χ3n) is 2.51. The fourth-order valence-corrected chi connectivity index (χ4v) is 1.67. The Hall–Kier alpha value is -2.38. The number of carbonyl (C=O) groups is 2. The second-order valence-corrected chi connectivity index (χ2v) is 4.07. The van der Waals surface area contributed by atoms with Crippen LogP contribution in [0.5, 0.6) is 0 Å². The number of aromatic nitrogens is 1. The molecule has 19 heavy (non-hydrogen) atoms. The van der Waals surface area contributed by atoms with Crippen molar-refractivity contribution in [2.75, 3.05) is 0 Å². The number of aliphatic carboxylic acids is 1. The van der Waals surface area contributed by atoms with Crippen molar-refractivity contribution in [2.45, 2.75) is 32.2 Å². The lowest BCUT2D eigenvalue weighted by molar-refractivity contribution is -0.389. The molecule has 1 aromatic rings. The first-order valence-electron chi connectivity index (χ1n) is 5.80. The normalized spacial score (nSPS) is 11.8. The number of carboxylic acids is 1. The lowest BCUT2D eigenvalue weighted by Gasteiger charge is -2.14. The van der Waals surface area contributed by atoms with E-state index in [2.05, 4.69) is 10.3 Å². The van der Waals surface area contributed by atoms with Crippen molar-refractivity contribution in [1.29, 1.82) is 0 Å². The van der Waals surface area contributed by atoms with Crippen LogP contribution in [0.3, 0.4) is 0 Å². The number of carboxylic acid groups (broad SMARTS) is 1. The molecule has 8 heteroatoms. The smallest absolute Gasteiger partial charge is 0.321 e. The number of amides is 1. The van der Waals surface area contributed by atoms with Crippen LogP contribution < -0.4 is 5.32 Å². The predicted octanol–water partition coefficient (Wildman–Crippen LogP) is 1.30. The van der Waals surface area contributed by atoms with Crippen molar-refractivity contribution in [3.05, 3.63) is 27.9 Å². The zero-order valence-electron chi connectivity index (χ0n) is 10.4. The minimum absolute atomic E-state index is 0.0400. The summed E-state index contributed by atoms with van der Waals surface area (Å²) in [5, 5.41) is 21.7. The van der Waals surface area contributed by atoms with Crippen molar-refractivity contribution in [1.82, 2.24) is 10.3 Å². The highest BCUT2D eigenvalue weighted by atomic mass is 16.6. The van der Waals surface area contributed by atoms with Gasteiger partial charge in [0.1, 0.15) is 0 Å². The van der Waals surface area contributed by atoms with Gasteiger partial charge in [0, 0.05) is 12.1 Å². The predicted molar refractivity (Wildman–Crippen MR) is 65.9 cm³/mol. The van der Waals surface area contributed by atoms with Gasteiger partial charge >= 0.3 is 11.8 Å². The summed E-state index contributed by atoms with van der Waals surface area (Å²) in [7, 11) is 0. The number of rotatable bonds is 7. The standard InChI is InChI=1S/C11H15N3O5/c1-2-3-7(6-10(15)16)12-11(17)8-4-5-9(13-8)14(18)19/h4-5,7,13H,2-3,6H2,1H3,(H,12,17)(H,15,16). The van der Waals surface area contributed by atoms with Crippen LogP contribution in [0.1, 0.15) is 36.7 Å². The van der Waals surface area contributed by atoms with E-state index in [1.807, 2.05) is 6.92 Å². The van der Waals surface area contributed by atoms with Gasteiger partial charge in [0.2, 0.25) is 0 Å². The number of nitro groups is 1. The first-order valence-corrected chi connectivity index (χ1v) is 5.80. The first kappa shape index (κ1) is 14.7. The van der Waals surface area contributed by atoms with E-state index >= 15 is 0 Å². The summed E-state index contributed by atoms with van der Waals surface area (Å²) in [5.41, 5.74) is 0.0400. The minimum Gasteiger partial charge on any atom is -0.481 e. The quantitative estimate of drug-likeness (QED) is 0.508. The third kappa shape index (κ3) is 4.41. The van der Waals surface area contributed by atoms with Gasteiger partial charge in [-0.3, -0.25) is 9.59 Å². The third-order valence-corrected chi connectivity index (χ3v) is 2.51. The highest BCUT2D eigenvalue weighted by Gasteiger charge is 2.20. The van der Waals surface area contributed by atoms with Crippen LogP contribution in [0.15, 0.2) is 12.1 Å². The number of H-pyrrole nitrogens is 1. The van der Waals surface area contributed by atoms with Crippen molar-refractivity contribution in [3.8, 4) is 0 Å². The molecule has 0 saturated heterocycles. The van der Waals surface area contributed by atoms with Crippen LogP contribution in [0.25, 0.3) is 0 Å². The van der Waals surface area contributed by atoms with Gasteiger partial charge in [-0.05, 0) is 17.4 Å². The average molecular weight is 269 g/mol. The number of carbonyl (C=O) groups excluding carboxylic acids is 1. The molecule has 1 heterocycles. The Morgan fingerprint density at radius 1 is 1.53 bits per heavy atom. The molecule has 3 N–H and O–H groups in total. The van der Waals surface area contributed by atoms with Gasteiger partial charge in [-0.2, -0.15) is 0 Å². The summed E-state index contributed by atoms with van der Waals surface area (Å²) >= 11 is 0. The molecule has 0 aliphatic rings. The minimum atomic E-state index is -1.00. The molecule has 8 nitrogen and oxygen atoms in total. The second kappa shape index (κ2) is 6.53. The number of aromatic amines is 1. The molecular formula is C11H15N3O5. The lowest BCUT2D eigenvalue weighted by Crippen LogP contribution is -2.36. The van der Waals surface area contributed by atoms with Crippen molar-refractivity contribution < 1.29 is 19.6 Å². The van der Waals surface area contributed by atoms with Gasteiger partial charge in [-0.25, -0.2) is 4.98 Å². The Balaban J connectivity index is 2.69. The van der Waals surface area contributed by atoms with Crippen molar-refractivity contribution in [3.63, 3.8) is 0 Å². The highest BCUT2D eigenvalue weighted by Crippen LogP contribution is 2.11. The molecule has 0 aromatic carbocycles. The summed E-state index contributed by atoms with van der Waals surface area (Å²) in [4.78, 5) is 34.6. The van der Waals surface area contributed by atoms with Crippen LogP contribution in [-0.4, -0.2) is 32.9 Å². The van der Waals surface area contributed by atoms with Crippen LogP contribution in [-0.2, 0) is 4.79 Å². The Bertz CT molecular complexity index is 482. The van der Waals surface area contributed by atoms with Gasteiger partial charge in [-0.1, -0.05) is 13.3 Å². The molecule has 1 rings (SSSR count). The molecule has 1 aromatic heterocycles. The van der Waals surface area contributed by atoms with E-state index in [4.69, 9.17) is 5.11 Å². The van der Waals surface area contributed by atoms with E-state index in [0.29, 0.717) is 6.42 Å². The van der Waals surface area contributed by atoms with Crippen LogP contribution in [0, 0.1) is 10.1 Å². The summed E-state index contributed by atoms with van der Waals surface area (Å²) in [5.74, 6) is -1.83. The molecule has 0 aliphatic heterocycles. The molecule has 0 radical (unpaired) electrons. The Morgan fingerprint density at radius 2 is 2.21 bits per heavy atom.